The summed E-state index contributed by atoms with van der Waals surface area (Å²) >= 11 is 0. The highest BCUT2D eigenvalue weighted by Gasteiger charge is 2.19. The minimum absolute atomic E-state index is 0.0824. The first-order chi connectivity index (χ1) is 14.9. The second kappa shape index (κ2) is 13.0. The SMILES string of the molecule is NCCCNC(=O)c1ccc(CN2CCN(CC(=O)O)CCN(CC(=O)O)CC2)nc1. The zero-order valence-corrected chi connectivity index (χ0v) is 17.7. The number of nitrogens with two attached hydrogens (primary N) is 1. The number of amides is 1. The molecule has 0 aliphatic carbocycles. The van der Waals surface area contributed by atoms with Crippen LogP contribution in [0.2, 0.25) is 0 Å². The molecular formula is C20H32N6O5. The Kier molecular flexibility index (Phi) is 10.3. The predicted octanol–water partition coefficient (Wildman–Crippen LogP) is -1.25. The van der Waals surface area contributed by atoms with E-state index in [1.54, 1.807) is 12.1 Å². The van der Waals surface area contributed by atoms with E-state index in [9.17, 15) is 14.4 Å². The lowest BCUT2D eigenvalue weighted by atomic mass is 10.2. The standard InChI is InChI=1S/C20H32N6O5/c21-4-1-5-22-20(31)16-2-3-17(23-12-16)13-24-6-8-25(14-18(27)28)10-11-26(9-7-24)15-19(29)30/h2-3,12H,1,4-11,13-15,21H2,(H,22,31)(H,27,28)(H,29,30). The Morgan fingerprint density at radius 3 is 1.94 bits per heavy atom. The number of carbonyl (C=O) groups excluding carboxylic acids is 1. The first-order valence-corrected chi connectivity index (χ1v) is 10.4. The van der Waals surface area contributed by atoms with E-state index < -0.39 is 11.9 Å². The molecule has 0 spiro atoms. The van der Waals surface area contributed by atoms with E-state index in [-0.39, 0.29) is 19.0 Å². The quantitative estimate of drug-likeness (QED) is 0.327. The van der Waals surface area contributed by atoms with Gasteiger partial charge >= 0.3 is 11.9 Å². The molecule has 1 amide bonds. The Hall–Kier alpha value is -2.60. The molecule has 11 heteroatoms. The summed E-state index contributed by atoms with van der Waals surface area (Å²) in [6.45, 7) is 4.79. The highest BCUT2D eigenvalue weighted by Crippen LogP contribution is 2.07. The fraction of sp³-hybridized carbons (Fsp3) is 0.600. The maximum atomic E-state index is 12.1. The molecule has 2 rings (SSSR count). The van der Waals surface area contributed by atoms with Crippen LogP contribution in [0.1, 0.15) is 22.5 Å². The zero-order chi connectivity index (χ0) is 22.6. The molecule has 0 saturated carbocycles. The highest BCUT2D eigenvalue weighted by atomic mass is 16.4. The monoisotopic (exact) mass is 436 g/mol. The number of aliphatic carboxylic acids is 2. The molecule has 11 nitrogen and oxygen atoms in total. The Bertz CT molecular complexity index is 701. The summed E-state index contributed by atoms with van der Waals surface area (Å²) in [6.07, 6.45) is 2.25. The van der Waals surface area contributed by atoms with Crippen molar-refractivity contribution in [2.24, 2.45) is 5.73 Å². The number of rotatable bonds is 10. The predicted molar refractivity (Wildman–Crippen MR) is 114 cm³/mol. The fourth-order valence-corrected chi connectivity index (χ4v) is 3.33. The van der Waals surface area contributed by atoms with E-state index in [0.29, 0.717) is 70.9 Å². The van der Waals surface area contributed by atoms with Gasteiger partial charge in [-0.25, -0.2) is 0 Å². The Morgan fingerprint density at radius 2 is 1.48 bits per heavy atom. The number of carboxylic acid groups (broad SMARTS) is 2. The number of aromatic nitrogens is 1. The van der Waals surface area contributed by atoms with Gasteiger partial charge in [0.1, 0.15) is 0 Å². The summed E-state index contributed by atoms with van der Waals surface area (Å²) < 4.78 is 0. The summed E-state index contributed by atoms with van der Waals surface area (Å²) in [7, 11) is 0. The number of carbonyl (C=O) groups is 3. The first-order valence-electron chi connectivity index (χ1n) is 10.4. The van der Waals surface area contributed by atoms with Crippen LogP contribution in [-0.4, -0.2) is 113 Å². The van der Waals surface area contributed by atoms with Crippen molar-refractivity contribution in [1.29, 1.82) is 0 Å². The van der Waals surface area contributed by atoms with Crippen LogP contribution >= 0.6 is 0 Å². The van der Waals surface area contributed by atoms with Crippen LogP contribution in [0.4, 0.5) is 0 Å². The number of nitrogens with zero attached hydrogens (tertiary/aromatic N) is 4. The van der Waals surface area contributed by atoms with E-state index in [1.807, 2.05) is 9.80 Å². The summed E-state index contributed by atoms with van der Waals surface area (Å²) in [4.78, 5) is 44.5. The lowest BCUT2D eigenvalue weighted by Gasteiger charge is -2.24. The fourth-order valence-electron chi connectivity index (χ4n) is 3.33. The molecule has 1 aromatic rings. The largest absolute Gasteiger partial charge is 0.480 e. The van der Waals surface area contributed by atoms with Crippen molar-refractivity contribution in [2.75, 3.05) is 65.4 Å². The van der Waals surface area contributed by atoms with Gasteiger partial charge < -0.3 is 21.3 Å². The Labute approximate surface area is 181 Å². The molecule has 1 fully saturated rings. The van der Waals surface area contributed by atoms with Gasteiger partial charge in [0, 0.05) is 58.6 Å². The lowest BCUT2D eigenvalue weighted by Crippen LogP contribution is -2.40. The summed E-state index contributed by atoms with van der Waals surface area (Å²) in [5, 5.41) is 21.1. The number of carboxylic acids is 2. The molecule has 0 atom stereocenters. The molecule has 1 aromatic heterocycles. The maximum absolute atomic E-state index is 12.1. The van der Waals surface area contributed by atoms with Crippen molar-refractivity contribution in [1.82, 2.24) is 25.0 Å². The van der Waals surface area contributed by atoms with Crippen molar-refractivity contribution < 1.29 is 24.6 Å². The maximum Gasteiger partial charge on any atom is 0.317 e. The van der Waals surface area contributed by atoms with Crippen molar-refractivity contribution in [3.8, 4) is 0 Å². The number of hydrogen-bond acceptors (Lipinski definition) is 8. The molecule has 31 heavy (non-hydrogen) atoms. The summed E-state index contributed by atoms with van der Waals surface area (Å²) in [5.74, 6) is -2.00. The molecule has 1 saturated heterocycles. The van der Waals surface area contributed by atoms with Crippen LogP contribution in [0, 0.1) is 0 Å². The number of hydrogen-bond donors (Lipinski definition) is 4. The molecule has 0 unspecified atom stereocenters. The third kappa shape index (κ3) is 9.39. The first kappa shape index (κ1) is 24.7. The molecule has 0 bridgehead atoms. The number of pyridine rings is 1. The average Bonchev–Trinajstić information content (AvgIpc) is 2.80. The van der Waals surface area contributed by atoms with Gasteiger partial charge in [-0.05, 0) is 25.1 Å². The minimum atomic E-state index is -0.905. The Morgan fingerprint density at radius 1 is 0.935 bits per heavy atom. The van der Waals surface area contributed by atoms with Gasteiger partial charge in [0.2, 0.25) is 0 Å². The molecule has 0 aromatic carbocycles. The van der Waals surface area contributed by atoms with Crippen molar-refractivity contribution in [3.63, 3.8) is 0 Å². The van der Waals surface area contributed by atoms with Crippen LogP contribution < -0.4 is 11.1 Å². The van der Waals surface area contributed by atoms with Crippen molar-refractivity contribution >= 4 is 17.8 Å². The van der Waals surface area contributed by atoms with Gasteiger partial charge in [-0.2, -0.15) is 0 Å². The van der Waals surface area contributed by atoms with Crippen LogP contribution in [0.5, 0.6) is 0 Å². The third-order valence-electron chi connectivity index (χ3n) is 5.05. The number of nitrogens with one attached hydrogen (secondary N) is 1. The second-order valence-corrected chi connectivity index (χ2v) is 7.55. The lowest BCUT2D eigenvalue weighted by molar-refractivity contribution is -0.140. The molecule has 2 heterocycles. The molecule has 1 aliphatic heterocycles. The molecular weight excluding hydrogens is 404 g/mol. The molecule has 0 radical (unpaired) electrons. The van der Waals surface area contributed by atoms with E-state index in [2.05, 4.69) is 15.2 Å². The van der Waals surface area contributed by atoms with Crippen molar-refractivity contribution in [2.45, 2.75) is 13.0 Å². The van der Waals surface area contributed by atoms with Gasteiger partial charge in [0.25, 0.3) is 5.91 Å². The summed E-state index contributed by atoms with van der Waals surface area (Å²) in [6, 6.07) is 3.53. The van der Waals surface area contributed by atoms with Crippen LogP contribution in [-0.2, 0) is 16.1 Å². The minimum Gasteiger partial charge on any atom is -0.480 e. The normalized spacial score (nSPS) is 16.8. The van der Waals surface area contributed by atoms with Gasteiger partial charge in [-0.3, -0.25) is 34.1 Å². The average molecular weight is 437 g/mol. The van der Waals surface area contributed by atoms with Gasteiger partial charge in [0.05, 0.1) is 24.3 Å². The third-order valence-corrected chi connectivity index (χ3v) is 5.05. The van der Waals surface area contributed by atoms with E-state index in [1.165, 1.54) is 6.20 Å². The van der Waals surface area contributed by atoms with E-state index in [4.69, 9.17) is 15.9 Å². The van der Waals surface area contributed by atoms with E-state index in [0.717, 1.165) is 5.69 Å². The van der Waals surface area contributed by atoms with Gasteiger partial charge in [0.15, 0.2) is 0 Å². The van der Waals surface area contributed by atoms with Crippen molar-refractivity contribution in [3.05, 3.63) is 29.6 Å². The van der Waals surface area contributed by atoms with Crippen LogP contribution in [0.25, 0.3) is 0 Å². The molecule has 172 valence electrons. The van der Waals surface area contributed by atoms with Gasteiger partial charge in [-0.15, -0.1) is 0 Å². The smallest absolute Gasteiger partial charge is 0.317 e. The summed E-state index contributed by atoms with van der Waals surface area (Å²) in [5.41, 5.74) is 6.69. The Balaban J connectivity index is 1.99. The second-order valence-electron chi connectivity index (χ2n) is 7.55. The van der Waals surface area contributed by atoms with Crippen LogP contribution in [0.15, 0.2) is 18.3 Å². The zero-order valence-electron chi connectivity index (χ0n) is 17.7. The van der Waals surface area contributed by atoms with Gasteiger partial charge in [-0.1, -0.05) is 0 Å². The topological polar surface area (TPSA) is 152 Å². The molecule has 5 N–H and O–H groups in total. The highest BCUT2D eigenvalue weighted by molar-refractivity contribution is 5.93. The van der Waals surface area contributed by atoms with E-state index >= 15 is 0 Å². The van der Waals surface area contributed by atoms with Crippen LogP contribution in [0.3, 0.4) is 0 Å². The molecule has 1 aliphatic rings.